The first-order chi connectivity index (χ1) is 13.5. The Kier molecular flexibility index (Phi) is 6.85. The molecule has 148 valence electrons. The van der Waals surface area contributed by atoms with E-state index >= 15 is 0 Å². The van der Waals surface area contributed by atoms with Gasteiger partial charge in [-0.25, -0.2) is 0 Å². The van der Waals surface area contributed by atoms with Gasteiger partial charge in [-0.2, -0.15) is 0 Å². The average molecular weight is 379 g/mol. The molecule has 0 radical (unpaired) electrons. The van der Waals surface area contributed by atoms with E-state index in [0.717, 1.165) is 18.4 Å². The van der Waals surface area contributed by atoms with Gasteiger partial charge in [-0.05, 0) is 36.0 Å². The first-order valence-electron chi connectivity index (χ1n) is 10.2. The van der Waals surface area contributed by atoms with Gasteiger partial charge in [0.05, 0.1) is 12.5 Å². The van der Waals surface area contributed by atoms with E-state index in [1.807, 2.05) is 48.5 Å². The summed E-state index contributed by atoms with van der Waals surface area (Å²) >= 11 is 0. The minimum Gasteiger partial charge on any atom is -0.353 e. The van der Waals surface area contributed by atoms with Gasteiger partial charge in [0.2, 0.25) is 5.91 Å². The Hall–Kier alpha value is -2.62. The fourth-order valence-corrected chi connectivity index (χ4v) is 4.01. The highest BCUT2D eigenvalue weighted by Crippen LogP contribution is 2.29. The second-order valence-corrected chi connectivity index (χ2v) is 7.95. The fraction of sp³-hybridized carbons (Fsp3) is 0.417. The molecular weight excluding hydrogens is 348 g/mol. The molecule has 0 bridgehead atoms. The molecule has 0 heterocycles. The van der Waals surface area contributed by atoms with Crippen molar-refractivity contribution in [2.24, 2.45) is 11.8 Å². The molecule has 0 unspecified atom stereocenters. The molecule has 2 aromatic carbocycles. The quantitative estimate of drug-likeness (QED) is 0.778. The monoisotopic (exact) mass is 378 g/mol. The van der Waals surface area contributed by atoms with Crippen LogP contribution in [-0.2, 0) is 4.79 Å². The Bertz CT molecular complexity index is 776. The van der Waals surface area contributed by atoms with E-state index in [-0.39, 0.29) is 30.3 Å². The summed E-state index contributed by atoms with van der Waals surface area (Å²) in [5.41, 5.74) is 1.53. The molecule has 28 heavy (non-hydrogen) atoms. The second-order valence-electron chi connectivity index (χ2n) is 7.95. The van der Waals surface area contributed by atoms with Crippen LogP contribution in [0, 0.1) is 11.8 Å². The molecular formula is C24H30N2O2. The predicted octanol–water partition coefficient (Wildman–Crippen LogP) is 4.49. The third-order valence-corrected chi connectivity index (χ3v) is 5.99. The number of rotatable bonds is 6. The highest BCUT2D eigenvalue weighted by molar-refractivity contribution is 5.94. The minimum absolute atomic E-state index is 0.00633. The lowest BCUT2D eigenvalue weighted by Gasteiger charge is -2.35. The van der Waals surface area contributed by atoms with Crippen molar-refractivity contribution in [3.05, 3.63) is 71.8 Å². The van der Waals surface area contributed by atoms with Gasteiger partial charge in [-0.15, -0.1) is 0 Å². The number of benzene rings is 2. The zero-order valence-corrected chi connectivity index (χ0v) is 16.7. The molecule has 0 aliphatic heterocycles. The second kappa shape index (κ2) is 9.54. The maximum atomic E-state index is 12.8. The molecule has 1 aliphatic carbocycles. The smallest absolute Gasteiger partial charge is 0.251 e. The molecule has 0 spiro atoms. The summed E-state index contributed by atoms with van der Waals surface area (Å²) in [6, 6.07) is 18.7. The van der Waals surface area contributed by atoms with Gasteiger partial charge in [0.15, 0.2) is 0 Å². The summed E-state index contributed by atoms with van der Waals surface area (Å²) in [4.78, 5) is 25.5. The van der Waals surface area contributed by atoms with Crippen LogP contribution in [0.3, 0.4) is 0 Å². The van der Waals surface area contributed by atoms with E-state index in [9.17, 15) is 9.59 Å². The molecule has 2 N–H and O–H groups in total. The van der Waals surface area contributed by atoms with Crippen molar-refractivity contribution in [2.75, 3.05) is 0 Å². The molecule has 0 aromatic heterocycles. The normalized spacial score (nSPS) is 22.9. The molecule has 4 nitrogen and oxygen atoms in total. The van der Waals surface area contributed by atoms with Gasteiger partial charge in [0.1, 0.15) is 0 Å². The van der Waals surface area contributed by atoms with E-state index in [4.69, 9.17) is 0 Å². The molecule has 4 atom stereocenters. The first-order valence-corrected chi connectivity index (χ1v) is 10.2. The number of carbonyl (C=O) groups is 2. The van der Waals surface area contributed by atoms with Crippen LogP contribution >= 0.6 is 0 Å². The Labute approximate surface area is 167 Å². The summed E-state index contributed by atoms with van der Waals surface area (Å²) in [6.45, 7) is 4.48. The fourth-order valence-electron chi connectivity index (χ4n) is 4.01. The van der Waals surface area contributed by atoms with E-state index in [2.05, 4.69) is 24.5 Å². The van der Waals surface area contributed by atoms with Crippen LogP contribution in [0.1, 0.15) is 61.5 Å². The zero-order valence-electron chi connectivity index (χ0n) is 16.7. The zero-order chi connectivity index (χ0) is 19.9. The molecule has 2 amide bonds. The van der Waals surface area contributed by atoms with Crippen molar-refractivity contribution < 1.29 is 9.59 Å². The maximum absolute atomic E-state index is 12.8. The number of hydrogen-bond acceptors (Lipinski definition) is 2. The SMILES string of the molecule is C[C@H]1[C@H](C)CCC[C@@H]1NC(=O)C[C@@H](NC(=O)c1ccccc1)c1ccccc1. The lowest BCUT2D eigenvalue weighted by molar-refractivity contribution is -0.123. The summed E-state index contributed by atoms with van der Waals surface area (Å²) in [7, 11) is 0. The Morgan fingerprint density at radius 2 is 1.61 bits per heavy atom. The highest BCUT2D eigenvalue weighted by Gasteiger charge is 2.29. The molecule has 0 saturated heterocycles. The maximum Gasteiger partial charge on any atom is 0.251 e. The van der Waals surface area contributed by atoms with Gasteiger partial charge in [0, 0.05) is 11.6 Å². The van der Waals surface area contributed by atoms with Crippen LogP contribution in [0.5, 0.6) is 0 Å². The molecule has 1 aliphatic rings. The first kappa shape index (κ1) is 20.1. The van der Waals surface area contributed by atoms with Crippen LogP contribution < -0.4 is 10.6 Å². The van der Waals surface area contributed by atoms with Gasteiger partial charge in [0.25, 0.3) is 5.91 Å². The Morgan fingerprint density at radius 1 is 0.964 bits per heavy atom. The lowest BCUT2D eigenvalue weighted by atomic mass is 9.78. The third kappa shape index (κ3) is 5.22. The minimum atomic E-state index is -0.356. The van der Waals surface area contributed by atoms with Crippen molar-refractivity contribution in [1.82, 2.24) is 10.6 Å². The molecule has 1 saturated carbocycles. The Morgan fingerprint density at radius 3 is 2.29 bits per heavy atom. The molecule has 4 heteroatoms. The summed E-state index contributed by atoms with van der Waals surface area (Å²) < 4.78 is 0. The number of carbonyl (C=O) groups excluding carboxylic acids is 2. The van der Waals surface area contributed by atoms with Crippen molar-refractivity contribution in [3.63, 3.8) is 0 Å². The van der Waals surface area contributed by atoms with Gasteiger partial charge in [-0.1, -0.05) is 75.2 Å². The van der Waals surface area contributed by atoms with Crippen molar-refractivity contribution in [3.8, 4) is 0 Å². The van der Waals surface area contributed by atoms with Gasteiger partial charge < -0.3 is 10.6 Å². The van der Waals surface area contributed by atoms with Crippen LogP contribution in [0.15, 0.2) is 60.7 Å². The number of hydrogen-bond donors (Lipinski definition) is 2. The predicted molar refractivity (Wildman–Crippen MR) is 112 cm³/mol. The molecule has 3 rings (SSSR count). The van der Waals surface area contributed by atoms with Crippen LogP contribution in [-0.4, -0.2) is 17.9 Å². The van der Waals surface area contributed by atoms with Crippen molar-refractivity contribution >= 4 is 11.8 Å². The standard InChI is InChI=1S/C24H30N2O2/c1-17-10-9-15-21(18(17)2)25-23(27)16-22(19-11-5-3-6-12-19)26-24(28)20-13-7-4-8-14-20/h3-8,11-14,17-18,21-22H,9-10,15-16H2,1-2H3,(H,25,27)(H,26,28)/t17-,18+,21+,22-/m1/s1. The van der Waals surface area contributed by atoms with Crippen molar-refractivity contribution in [2.45, 2.75) is 51.6 Å². The van der Waals surface area contributed by atoms with Crippen LogP contribution in [0.2, 0.25) is 0 Å². The average Bonchev–Trinajstić information content (AvgIpc) is 2.72. The van der Waals surface area contributed by atoms with Gasteiger partial charge >= 0.3 is 0 Å². The number of nitrogens with one attached hydrogen (secondary N) is 2. The van der Waals surface area contributed by atoms with E-state index < -0.39 is 0 Å². The highest BCUT2D eigenvalue weighted by atomic mass is 16.2. The lowest BCUT2D eigenvalue weighted by Crippen LogP contribution is -2.45. The summed E-state index contributed by atoms with van der Waals surface area (Å²) in [6.07, 6.45) is 3.65. The molecule has 2 aromatic rings. The van der Waals surface area contributed by atoms with E-state index in [1.54, 1.807) is 12.1 Å². The summed E-state index contributed by atoms with van der Waals surface area (Å²) in [5, 5.41) is 6.26. The van der Waals surface area contributed by atoms with Crippen LogP contribution in [0.4, 0.5) is 0 Å². The molecule has 1 fully saturated rings. The van der Waals surface area contributed by atoms with Crippen LogP contribution in [0.25, 0.3) is 0 Å². The third-order valence-electron chi connectivity index (χ3n) is 5.99. The Balaban J connectivity index is 1.69. The van der Waals surface area contributed by atoms with E-state index in [0.29, 0.717) is 17.4 Å². The van der Waals surface area contributed by atoms with Crippen molar-refractivity contribution in [1.29, 1.82) is 0 Å². The summed E-state index contributed by atoms with van der Waals surface area (Å²) in [5.74, 6) is 0.934. The number of amides is 2. The van der Waals surface area contributed by atoms with E-state index in [1.165, 1.54) is 6.42 Å². The topological polar surface area (TPSA) is 58.2 Å². The largest absolute Gasteiger partial charge is 0.353 e. The van der Waals surface area contributed by atoms with Gasteiger partial charge in [-0.3, -0.25) is 9.59 Å².